The minimum absolute atomic E-state index is 0.201. The number of urea groups is 1. The summed E-state index contributed by atoms with van der Waals surface area (Å²) in [4.78, 5) is 37.2. The highest BCUT2D eigenvalue weighted by Crippen LogP contribution is 2.28. The Hall–Kier alpha value is -3.13. The molecule has 3 amide bonds. The van der Waals surface area contributed by atoms with Crippen LogP contribution in [-0.2, 0) is 4.79 Å². The van der Waals surface area contributed by atoms with Gasteiger partial charge in [0.2, 0.25) is 5.91 Å². The van der Waals surface area contributed by atoms with E-state index in [0.717, 1.165) is 62.4 Å². The lowest BCUT2D eigenvalue weighted by Gasteiger charge is -2.40. The number of amides is 3. The molecule has 0 bridgehead atoms. The molecule has 1 aromatic heterocycles. The number of hydrogen-bond donors (Lipinski definition) is 1. The summed E-state index contributed by atoms with van der Waals surface area (Å²) < 4.78 is 0. The zero-order chi connectivity index (χ0) is 22.6. The maximum Gasteiger partial charge on any atom is 0.328 e. The Balaban J connectivity index is 1.11. The number of pyridine rings is 1. The van der Waals surface area contributed by atoms with Crippen LogP contribution >= 0.6 is 0 Å². The second-order valence-corrected chi connectivity index (χ2v) is 9.18. The molecule has 5 rings (SSSR count). The van der Waals surface area contributed by atoms with Crippen molar-refractivity contribution in [2.45, 2.75) is 19.3 Å². The summed E-state index contributed by atoms with van der Waals surface area (Å²) in [6, 6.07) is 13.9. The first-order chi connectivity index (χ1) is 16.2. The first-order valence-electron chi connectivity index (χ1n) is 12.0. The average Bonchev–Trinajstić information content (AvgIpc) is 2.86. The van der Waals surface area contributed by atoms with Crippen LogP contribution in [0, 0.1) is 5.92 Å². The molecular formula is C25H32N6O2. The van der Waals surface area contributed by atoms with Gasteiger partial charge in [-0.3, -0.25) is 19.9 Å². The second-order valence-electron chi connectivity index (χ2n) is 9.18. The highest BCUT2D eigenvalue weighted by Gasteiger charge is 2.27. The number of carbonyl (C=O) groups is 2. The summed E-state index contributed by atoms with van der Waals surface area (Å²) in [6.07, 6.45) is 4.58. The van der Waals surface area contributed by atoms with Crippen LogP contribution in [0.1, 0.15) is 19.3 Å². The predicted octanol–water partition coefficient (Wildman–Crippen LogP) is 2.57. The van der Waals surface area contributed by atoms with Gasteiger partial charge in [-0.15, -0.1) is 0 Å². The molecular weight excluding hydrogens is 416 g/mol. The van der Waals surface area contributed by atoms with Crippen molar-refractivity contribution in [2.24, 2.45) is 5.92 Å². The molecule has 1 N–H and O–H groups in total. The molecule has 33 heavy (non-hydrogen) atoms. The SMILES string of the molecule is O=C1CCN(c2cccc(N3CCC(CN4CCN(c5ccccn5)CC4)CC3)c2)C(=O)N1. The van der Waals surface area contributed by atoms with E-state index in [2.05, 4.69) is 49.3 Å². The molecule has 3 fully saturated rings. The molecule has 8 nitrogen and oxygen atoms in total. The summed E-state index contributed by atoms with van der Waals surface area (Å²) >= 11 is 0. The Morgan fingerprint density at radius 2 is 1.64 bits per heavy atom. The van der Waals surface area contributed by atoms with Crippen molar-refractivity contribution < 1.29 is 9.59 Å². The third-order valence-corrected chi connectivity index (χ3v) is 7.04. The quantitative estimate of drug-likeness (QED) is 0.758. The molecule has 8 heteroatoms. The zero-order valence-electron chi connectivity index (χ0n) is 19.0. The van der Waals surface area contributed by atoms with E-state index in [9.17, 15) is 9.59 Å². The number of nitrogens with one attached hydrogen (secondary N) is 1. The van der Waals surface area contributed by atoms with Crippen molar-refractivity contribution >= 4 is 29.1 Å². The van der Waals surface area contributed by atoms with E-state index in [4.69, 9.17) is 0 Å². The third-order valence-electron chi connectivity index (χ3n) is 7.04. The molecule has 0 radical (unpaired) electrons. The third kappa shape index (κ3) is 5.11. The van der Waals surface area contributed by atoms with Gasteiger partial charge in [0, 0.05) is 76.4 Å². The van der Waals surface area contributed by atoms with Crippen molar-refractivity contribution in [1.82, 2.24) is 15.2 Å². The van der Waals surface area contributed by atoms with Crippen LogP contribution in [-0.4, -0.2) is 74.2 Å². The van der Waals surface area contributed by atoms with E-state index in [0.29, 0.717) is 13.0 Å². The lowest BCUT2D eigenvalue weighted by Crippen LogP contribution is -2.49. The van der Waals surface area contributed by atoms with E-state index in [1.807, 2.05) is 24.4 Å². The van der Waals surface area contributed by atoms with Crippen molar-refractivity contribution in [3.05, 3.63) is 48.7 Å². The Morgan fingerprint density at radius 1 is 0.848 bits per heavy atom. The molecule has 1 aromatic carbocycles. The first kappa shape index (κ1) is 21.7. The number of hydrogen-bond acceptors (Lipinski definition) is 6. The van der Waals surface area contributed by atoms with Crippen molar-refractivity contribution in [1.29, 1.82) is 0 Å². The number of rotatable bonds is 5. The molecule has 0 unspecified atom stereocenters. The molecule has 2 aromatic rings. The van der Waals surface area contributed by atoms with E-state index in [-0.39, 0.29) is 11.9 Å². The number of aromatic nitrogens is 1. The number of piperidine rings is 1. The topological polar surface area (TPSA) is 72.0 Å². The highest BCUT2D eigenvalue weighted by atomic mass is 16.2. The largest absolute Gasteiger partial charge is 0.371 e. The molecule has 0 saturated carbocycles. The van der Waals surface area contributed by atoms with Crippen LogP contribution in [0.15, 0.2) is 48.7 Å². The van der Waals surface area contributed by atoms with Crippen LogP contribution in [0.25, 0.3) is 0 Å². The fraction of sp³-hybridized carbons (Fsp3) is 0.480. The van der Waals surface area contributed by atoms with Gasteiger partial charge >= 0.3 is 6.03 Å². The molecule has 174 valence electrons. The average molecular weight is 449 g/mol. The molecule has 0 atom stereocenters. The maximum atomic E-state index is 12.2. The first-order valence-corrected chi connectivity index (χ1v) is 12.0. The van der Waals surface area contributed by atoms with Crippen molar-refractivity contribution in [3.63, 3.8) is 0 Å². The fourth-order valence-corrected chi connectivity index (χ4v) is 5.11. The van der Waals surface area contributed by atoms with Gasteiger partial charge in [0.1, 0.15) is 5.82 Å². The summed E-state index contributed by atoms with van der Waals surface area (Å²) in [6.45, 7) is 7.95. The Labute approximate surface area is 195 Å². The van der Waals surface area contributed by atoms with Crippen LogP contribution in [0.4, 0.5) is 22.0 Å². The Bertz CT molecular complexity index is 968. The summed E-state index contributed by atoms with van der Waals surface area (Å²) in [7, 11) is 0. The Morgan fingerprint density at radius 3 is 2.36 bits per heavy atom. The Kier molecular flexibility index (Phi) is 6.44. The number of imide groups is 1. The molecule has 3 aliphatic heterocycles. The second kappa shape index (κ2) is 9.79. The number of benzene rings is 1. The van der Waals surface area contributed by atoms with E-state index >= 15 is 0 Å². The summed E-state index contributed by atoms with van der Waals surface area (Å²) in [5, 5.41) is 2.41. The molecule has 0 aliphatic carbocycles. The van der Waals surface area contributed by atoms with Gasteiger partial charge in [-0.1, -0.05) is 12.1 Å². The zero-order valence-corrected chi connectivity index (χ0v) is 19.0. The van der Waals surface area contributed by atoms with Gasteiger partial charge in [0.15, 0.2) is 0 Å². The van der Waals surface area contributed by atoms with Gasteiger partial charge in [-0.05, 0) is 49.1 Å². The van der Waals surface area contributed by atoms with Gasteiger partial charge in [-0.2, -0.15) is 0 Å². The van der Waals surface area contributed by atoms with E-state index in [1.165, 1.54) is 19.4 Å². The van der Waals surface area contributed by atoms with Crippen molar-refractivity contribution in [2.75, 3.05) is 67.1 Å². The summed E-state index contributed by atoms with van der Waals surface area (Å²) in [5.74, 6) is 1.61. The lowest BCUT2D eigenvalue weighted by molar-refractivity contribution is -0.120. The van der Waals surface area contributed by atoms with Crippen LogP contribution in [0.5, 0.6) is 0 Å². The summed E-state index contributed by atoms with van der Waals surface area (Å²) in [5.41, 5.74) is 2.00. The smallest absolute Gasteiger partial charge is 0.328 e. The van der Waals surface area contributed by atoms with E-state index in [1.54, 1.807) is 4.90 Å². The molecule has 0 spiro atoms. The van der Waals surface area contributed by atoms with Gasteiger partial charge in [0.05, 0.1) is 0 Å². The number of nitrogens with zero attached hydrogens (tertiary/aromatic N) is 5. The number of piperazine rings is 1. The minimum atomic E-state index is -0.328. The van der Waals surface area contributed by atoms with Crippen LogP contribution in [0.3, 0.4) is 0 Å². The highest BCUT2D eigenvalue weighted by molar-refractivity contribution is 6.05. The predicted molar refractivity (Wildman–Crippen MR) is 130 cm³/mol. The fourth-order valence-electron chi connectivity index (χ4n) is 5.11. The lowest BCUT2D eigenvalue weighted by atomic mass is 9.95. The number of anilines is 3. The standard InChI is InChI=1S/C25H32N6O2/c32-24-9-13-31(25(33)27-24)22-5-3-4-21(18-22)29-11-7-20(8-12-29)19-28-14-16-30(17-15-28)23-6-1-2-10-26-23/h1-6,10,18,20H,7-9,11-17,19H2,(H,27,32,33). The van der Waals surface area contributed by atoms with Gasteiger partial charge in [0.25, 0.3) is 0 Å². The monoisotopic (exact) mass is 448 g/mol. The van der Waals surface area contributed by atoms with E-state index < -0.39 is 0 Å². The number of carbonyl (C=O) groups excluding carboxylic acids is 2. The van der Waals surface area contributed by atoms with Crippen LogP contribution in [0.2, 0.25) is 0 Å². The minimum Gasteiger partial charge on any atom is -0.371 e. The normalized spacial score (nSPS) is 20.8. The maximum absolute atomic E-state index is 12.2. The molecule has 4 heterocycles. The van der Waals surface area contributed by atoms with Gasteiger partial charge in [-0.25, -0.2) is 9.78 Å². The van der Waals surface area contributed by atoms with Crippen molar-refractivity contribution in [3.8, 4) is 0 Å². The van der Waals surface area contributed by atoms with Gasteiger partial charge < -0.3 is 9.80 Å². The molecule has 3 saturated heterocycles. The van der Waals surface area contributed by atoms with Crippen LogP contribution < -0.4 is 20.0 Å². The molecule has 3 aliphatic rings.